The summed E-state index contributed by atoms with van der Waals surface area (Å²) in [5, 5.41) is 0. The highest BCUT2D eigenvalue weighted by Gasteiger charge is 2.20. The van der Waals surface area contributed by atoms with Crippen LogP contribution in [-0.4, -0.2) is 43.6 Å². The molecule has 1 fully saturated rings. The molecule has 0 aliphatic carbocycles. The average molecular weight is 264 g/mol. The molecule has 0 saturated carbocycles. The molecule has 1 saturated heterocycles. The van der Waals surface area contributed by atoms with E-state index in [1.54, 1.807) is 6.07 Å². The van der Waals surface area contributed by atoms with E-state index in [1.165, 1.54) is 6.07 Å². The normalized spacial score (nSPS) is 16.8. The van der Waals surface area contributed by atoms with Crippen LogP contribution in [0.4, 0.5) is 10.1 Å². The summed E-state index contributed by atoms with van der Waals surface area (Å²) in [6.45, 7) is 5.94. The Hall–Kier alpha value is -1.78. The highest BCUT2D eigenvalue weighted by molar-refractivity contribution is 5.78. The van der Waals surface area contributed by atoms with Crippen molar-refractivity contribution < 1.29 is 4.39 Å². The van der Waals surface area contributed by atoms with Gasteiger partial charge in [0.05, 0.1) is 5.69 Å². The third kappa shape index (κ3) is 3.36. The first kappa shape index (κ1) is 13.6. The van der Waals surface area contributed by atoms with Gasteiger partial charge in [-0.3, -0.25) is 4.99 Å². The van der Waals surface area contributed by atoms with Crippen molar-refractivity contribution in [3.05, 3.63) is 30.1 Å². The number of rotatable bonds is 3. The molecule has 0 atom stereocenters. The molecule has 1 aromatic rings. The summed E-state index contributed by atoms with van der Waals surface area (Å²) >= 11 is 0. The van der Waals surface area contributed by atoms with Gasteiger partial charge in [-0.05, 0) is 18.6 Å². The quantitative estimate of drug-likeness (QED) is 0.667. The van der Waals surface area contributed by atoms with Gasteiger partial charge in [-0.25, -0.2) is 4.39 Å². The number of para-hydroxylation sites is 1. The summed E-state index contributed by atoms with van der Waals surface area (Å²) in [4.78, 5) is 8.43. The first-order chi connectivity index (χ1) is 9.22. The van der Waals surface area contributed by atoms with Crippen LogP contribution in [0, 0.1) is 5.82 Å². The number of piperazine rings is 1. The number of hydrogen-bond donors (Lipinski definition) is 1. The van der Waals surface area contributed by atoms with E-state index in [-0.39, 0.29) is 5.82 Å². The van der Waals surface area contributed by atoms with Crippen LogP contribution >= 0.6 is 0 Å². The fraction of sp³-hybridized carbons (Fsp3) is 0.500. The van der Waals surface area contributed by atoms with Crippen LogP contribution in [0.25, 0.3) is 0 Å². The lowest BCUT2D eigenvalue weighted by molar-refractivity contribution is 0.379. The van der Waals surface area contributed by atoms with Gasteiger partial charge in [0.15, 0.2) is 5.96 Å². The molecule has 1 heterocycles. The highest BCUT2D eigenvalue weighted by Crippen LogP contribution is 2.19. The van der Waals surface area contributed by atoms with Crippen LogP contribution in [0.15, 0.2) is 29.3 Å². The Morgan fingerprint density at radius 1 is 1.26 bits per heavy atom. The van der Waals surface area contributed by atoms with Gasteiger partial charge in [0.25, 0.3) is 0 Å². The predicted octanol–water partition coefficient (Wildman–Crippen LogP) is 1.67. The van der Waals surface area contributed by atoms with Gasteiger partial charge >= 0.3 is 0 Å². The van der Waals surface area contributed by atoms with E-state index in [0.29, 0.717) is 11.6 Å². The highest BCUT2D eigenvalue weighted by atomic mass is 19.1. The minimum Gasteiger partial charge on any atom is -0.370 e. The van der Waals surface area contributed by atoms with Crippen molar-refractivity contribution in [2.24, 2.45) is 10.7 Å². The molecule has 0 amide bonds. The van der Waals surface area contributed by atoms with E-state index >= 15 is 0 Å². The number of nitrogens with zero attached hydrogens (tertiary/aromatic N) is 3. The van der Waals surface area contributed by atoms with Crippen molar-refractivity contribution in [1.29, 1.82) is 0 Å². The summed E-state index contributed by atoms with van der Waals surface area (Å²) in [5.41, 5.74) is 6.60. The zero-order valence-corrected chi connectivity index (χ0v) is 11.3. The van der Waals surface area contributed by atoms with Crippen molar-refractivity contribution in [2.45, 2.75) is 13.3 Å². The van der Waals surface area contributed by atoms with Gasteiger partial charge in [0.1, 0.15) is 5.82 Å². The predicted molar refractivity (Wildman–Crippen MR) is 77.0 cm³/mol. The van der Waals surface area contributed by atoms with Crippen LogP contribution in [0.3, 0.4) is 0 Å². The monoisotopic (exact) mass is 264 g/mol. The minimum absolute atomic E-state index is 0.163. The zero-order chi connectivity index (χ0) is 13.7. The molecule has 19 heavy (non-hydrogen) atoms. The molecule has 0 radical (unpaired) electrons. The molecule has 0 unspecified atom stereocenters. The Morgan fingerprint density at radius 3 is 2.58 bits per heavy atom. The van der Waals surface area contributed by atoms with Gasteiger partial charge in [-0.15, -0.1) is 0 Å². The maximum atomic E-state index is 13.7. The first-order valence-electron chi connectivity index (χ1n) is 6.76. The molecule has 1 aliphatic heterocycles. The smallest absolute Gasteiger partial charge is 0.191 e. The van der Waals surface area contributed by atoms with Gasteiger partial charge in [0, 0.05) is 32.7 Å². The second kappa shape index (κ2) is 6.41. The molecular weight excluding hydrogens is 243 g/mol. The fourth-order valence-electron chi connectivity index (χ4n) is 2.21. The number of nitrogens with two attached hydrogens (primary N) is 1. The third-order valence-electron chi connectivity index (χ3n) is 3.29. The third-order valence-corrected chi connectivity index (χ3v) is 3.29. The maximum Gasteiger partial charge on any atom is 0.191 e. The fourth-order valence-corrected chi connectivity index (χ4v) is 2.21. The lowest BCUT2D eigenvalue weighted by Gasteiger charge is -2.36. The van der Waals surface area contributed by atoms with E-state index in [1.807, 2.05) is 12.1 Å². The topological polar surface area (TPSA) is 44.9 Å². The van der Waals surface area contributed by atoms with Crippen molar-refractivity contribution in [1.82, 2.24) is 4.90 Å². The summed E-state index contributed by atoms with van der Waals surface area (Å²) in [5.74, 6) is 0.443. The molecule has 2 N–H and O–H groups in total. The average Bonchev–Trinajstić information content (AvgIpc) is 2.45. The standard InChI is InChI=1S/C14H21FN4/c1-2-7-17-14(16)19-10-8-18(9-11-19)13-6-4-3-5-12(13)15/h3-6H,2,7-11H2,1H3,(H2,16,17). The van der Waals surface area contributed by atoms with Gasteiger partial charge in [-0.1, -0.05) is 19.1 Å². The molecule has 5 heteroatoms. The Bertz CT molecular complexity index is 439. The minimum atomic E-state index is -0.163. The van der Waals surface area contributed by atoms with Crippen LogP contribution in [0.5, 0.6) is 0 Å². The molecule has 4 nitrogen and oxygen atoms in total. The van der Waals surface area contributed by atoms with Crippen LogP contribution in [-0.2, 0) is 0 Å². The Kier molecular flexibility index (Phi) is 4.60. The van der Waals surface area contributed by atoms with Crippen LogP contribution < -0.4 is 10.6 Å². The number of anilines is 1. The SMILES string of the molecule is CCCN=C(N)N1CCN(c2ccccc2F)CC1. The molecule has 0 spiro atoms. The van der Waals surface area contributed by atoms with Crippen molar-refractivity contribution in [3.63, 3.8) is 0 Å². The summed E-state index contributed by atoms with van der Waals surface area (Å²) < 4.78 is 13.7. The number of hydrogen-bond acceptors (Lipinski definition) is 2. The van der Waals surface area contributed by atoms with E-state index in [0.717, 1.165) is 39.1 Å². The molecule has 1 aromatic carbocycles. The second-order valence-electron chi connectivity index (χ2n) is 4.67. The van der Waals surface area contributed by atoms with Crippen LogP contribution in [0.2, 0.25) is 0 Å². The lowest BCUT2D eigenvalue weighted by atomic mass is 10.2. The van der Waals surface area contributed by atoms with Gasteiger partial charge in [-0.2, -0.15) is 0 Å². The number of benzene rings is 1. The first-order valence-corrected chi connectivity index (χ1v) is 6.76. The van der Waals surface area contributed by atoms with Gasteiger partial charge in [0.2, 0.25) is 0 Å². The molecular formula is C14H21FN4. The number of aliphatic imine (C=N–C) groups is 1. The second-order valence-corrected chi connectivity index (χ2v) is 4.67. The van der Waals surface area contributed by atoms with Crippen LogP contribution in [0.1, 0.15) is 13.3 Å². The van der Waals surface area contributed by atoms with Crippen molar-refractivity contribution in [2.75, 3.05) is 37.6 Å². The summed E-state index contributed by atoms with van der Waals surface area (Å²) in [7, 11) is 0. The van der Waals surface area contributed by atoms with E-state index in [9.17, 15) is 4.39 Å². The molecule has 2 rings (SSSR count). The molecule has 0 aromatic heterocycles. The maximum absolute atomic E-state index is 13.7. The van der Waals surface area contributed by atoms with E-state index in [2.05, 4.69) is 21.7 Å². The summed E-state index contributed by atoms with van der Waals surface area (Å²) in [6.07, 6.45) is 0.996. The Labute approximate surface area is 113 Å². The summed E-state index contributed by atoms with van der Waals surface area (Å²) in [6, 6.07) is 6.89. The Morgan fingerprint density at radius 2 is 1.95 bits per heavy atom. The number of halogens is 1. The molecule has 1 aliphatic rings. The Balaban J connectivity index is 1.94. The van der Waals surface area contributed by atoms with Crippen molar-refractivity contribution >= 4 is 11.6 Å². The number of guanidine groups is 1. The molecule has 0 bridgehead atoms. The lowest BCUT2D eigenvalue weighted by Crippen LogP contribution is -2.51. The van der Waals surface area contributed by atoms with E-state index in [4.69, 9.17) is 5.73 Å². The zero-order valence-electron chi connectivity index (χ0n) is 11.3. The van der Waals surface area contributed by atoms with E-state index < -0.39 is 0 Å². The van der Waals surface area contributed by atoms with Gasteiger partial charge < -0.3 is 15.5 Å². The molecule has 104 valence electrons. The van der Waals surface area contributed by atoms with Crippen molar-refractivity contribution in [3.8, 4) is 0 Å². The largest absolute Gasteiger partial charge is 0.370 e.